The van der Waals surface area contributed by atoms with Crippen LogP contribution < -0.4 is 10.1 Å². The highest BCUT2D eigenvalue weighted by Gasteiger charge is 2.32. The molecular formula is C17H20N2O4S. The van der Waals surface area contributed by atoms with E-state index >= 15 is 0 Å². The van der Waals surface area contributed by atoms with Crippen LogP contribution in [0.1, 0.15) is 12.8 Å². The SMILES string of the molecule is O=C(NCCCOc1cccc2cccnc12)[C@@H]1CCS(=O)(=O)C1. The Morgan fingerprint density at radius 1 is 1.29 bits per heavy atom. The van der Waals surface area contributed by atoms with E-state index in [4.69, 9.17) is 4.74 Å². The number of carbonyl (C=O) groups is 1. The number of fused-ring (bicyclic) bond motifs is 1. The molecular weight excluding hydrogens is 328 g/mol. The third-order valence-corrected chi connectivity index (χ3v) is 5.84. The maximum Gasteiger partial charge on any atom is 0.224 e. The first-order chi connectivity index (χ1) is 11.6. The lowest BCUT2D eigenvalue weighted by Crippen LogP contribution is -2.32. The molecule has 1 N–H and O–H groups in total. The minimum Gasteiger partial charge on any atom is -0.491 e. The van der Waals surface area contributed by atoms with Gasteiger partial charge in [0.25, 0.3) is 0 Å². The smallest absolute Gasteiger partial charge is 0.224 e. The normalized spacial score (nSPS) is 19.2. The van der Waals surface area contributed by atoms with Crippen molar-refractivity contribution < 1.29 is 17.9 Å². The average molecular weight is 348 g/mol. The maximum absolute atomic E-state index is 11.9. The lowest BCUT2D eigenvalue weighted by atomic mass is 10.1. The van der Waals surface area contributed by atoms with E-state index in [2.05, 4.69) is 10.3 Å². The minimum absolute atomic E-state index is 0.0307. The number of carbonyl (C=O) groups excluding carboxylic acids is 1. The fraction of sp³-hybridized carbons (Fsp3) is 0.412. The van der Waals surface area contributed by atoms with Crippen LogP contribution in [0.2, 0.25) is 0 Å². The summed E-state index contributed by atoms with van der Waals surface area (Å²) in [5, 5.41) is 3.81. The van der Waals surface area contributed by atoms with E-state index in [0.717, 1.165) is 16.7 Å². The van der Waals surface area contributed by atoms with Crippen molar-refractivity contribution in [1.82, 2.24) is 10.3 Å². The Labute approximate surface area is 141 Å². The van der Waals surface area contributed by atoms with Gasteiger partial charge in [-0.3, -0.25) is 9.78 Å². The molecule has 7 heteroatoms. The van der Waals surface area contributed by atoms with Crippen molar-refractivity contribution in [1.29, 1.82) is 0 Å². The molecule has 0 unspecified atom stereocenters. The molecule has 1 amide bonds. The first kappa shape index (κ1) is 16.7. The summed E-state index contributed by atoms with van der Waals surface area (Å²) in [6.07, 6.45) is 2.80. The number of nitrogens with zero attached hydrogens (tertiary/aromatic N) is 1. The standard InChI is InChI=1S/C17H20N2O4S/c20-17(14-7-11-24(21,22)12-14)19-9-3-10-23-15-6-1-4-13-5-2-8-18-16(13)15/h1-2,4-6,8,14H,3,7,9-12H2,(H,19,20)/t14-/m1/s1. The highest BCUT2D eigenvalue weighted by Crippen LogP contribution is 2.23. The van der Waals surface area contributed by atoms with E-state index in [0.29, 0.717) is 26.0 Å². The van der Waals surface area contributed by atoms with Gasteiger partial charge < -0.3 is 10.1 Å². The van der Waals surface area contributed by atoms with Crippen molar-refractivity contribution >= 4 is 26.6 Å². The van der Waals surface area contributed by atoms with E-state index in [-0.39, 0.29) is 17.4 Å². The molecule has 0 aliphatic carbocycles. The Morgan fingerprint density at radius 3 is 2.92 bits per heavy atom. The van der Waals surface area contributed by atoms with Crippen molar-refractivity contribution in [3.05, 3.63) is 36.5 Å². The van der Waals surface area contributed by atoms with E-state index in [1.807, 2.05) is 30.3 Å². The van der Waals surface area contributed by atoms with Crippen LogP contribution in [0.25, 0.3) is 10.9 Å². The van der Waals surface area contributed by atoms with E-state index in [1.165, 1.54) is 0 Å². The Bertz CT molecular complexity index is 830. The fourth-order valence-corrected chi connectivity index (χ4v) is 4.55. The number of para-hydroxylation sites is 1. The predicted octanol–water partition coefficient (Wildman–Crippen LogP) is 1.55. The van der Waals surface area contributed by atoms with Crippen molar-refractivity contribution in [2.24, 2.45) is 5.92 Å². The van der Waals surface area contributed by atoms with Crippen LogP contribution in [0.15, 0.2) is 36.5 Å². The third-order valence-electron chi connectivity index (χ3n) is 4.08. The predicted molar refractivity (Wildman–Crippen MR) is 91.6 cm³/mol. The van der Waals surface area contributed by atoms with Crippen LogP contribution in [-0.2, 0) is 14.6 Å². The molecule has 6 nitrogen and oxygen atoms in total. The molecule has 0 spiro atoms. The molecule has 1 saturated heterocycles. The molecule has 2 aromatic rings. The number of ether oxygens (including phenoxy) is 1. The average Bonchev–Trinajstić information content (AvgIpc) is 2.94. The second-order valence-electron chi connectivity index (χ2n) is 5.92. The van der Waals surface area contributed by atoms with Crippen molar-refractivity contribution in [3.63, 3.8) is 0 Å². The number of nitrogens with one attached hydrogen (secondary N) is 1. The highest BCUT2D eigenvalue weighted by molar-refractivity contribution is 7.91. The second-order valence-corrected chi connectivity index (χ2v) is 8.15. The van der Waals surface area contributed by atoms with Gasteiger partial charge >= 0.3 is 0 Å². The topological polar surface area (TPSA) is 85.4 Å². The molecule has 1 aliphatic heterocycles. The quantitative estimate of drug-likeness (QED) is 0.801. The number of hydrogen-bond donors (Lipinski definition) is 1. The molecule has 0 bridgehead atoms. The van der Waals surface area contributed by atoms with Gasteiger partial charge in [0.05, 0.1) is 24.0 Å². The molecule has 128 valence electrons. The summed E-state index contributed by atoms with van der Waals surface area (Å²) >= 11 is 0. The van der Waals surface area contributed by atoms with Crippen LogP contribution in [0.4, 0.5) is 0 Å². The molecule has 24 heavy (non-hydrogen) atoms. The maximum atomic E-state index is 11.9. The lowest BCUT2D eigenvalue weighted by molar-refractivity contribution is -0.124. The van der Waals surface area contributed by atoms with Gasteiger partial charge in [0.1, 0.15) is 11.3 Å². The van der Waals surface area contributed by atoms with Crippen molar-refractivity contribution in [2.75, 3.05) is 24.7 Å². The molecule has 1 aromatic heterocycles. The summed E-state index contributed by atoms with van der Waals surface area (Å²) in [7, 11) is -3.03. The summed E-state index contributed by atoms with van der Waals surface area (Å²) in [5.41, 5.74) is 0.820. The zero-order valence-electron chi connectivity index (χ0n) is 13.3. The Balaban J connectivity index is 1.43. The summed E-state index contributed by atoms with van der Waals surface area (Å²) in [5.74, 6) is 0.224. The second kappa shape index (κ2) is 7.17. The molecule has 3 rings (SSSR count). The Kier molecular flexibility index (Phi) is 4.99. The van der Waals surface area contributed by atoms with E-state index in [9.17, 15) is 13.2 Å². The summed E-state index contributed by atoms with van der Waals surface area (Å²) < 4.78 is 28.5. The van der Waals surface area contributed by atoms with Crippen LogP contribution in [0.3, 0.4) is 0 Å². The largest absolute Gasteiger partial charge is 0.491 e. The van der Waals surface area contributed by atoms with Crippen LogP contribution >= 0.6 is 0 Å². The number of pyridine rings is 1. The molecule has 2 heterocycles. The van der Waals surface area contributed by atoms with Gasteiger partial charge in [0, 0.05) is 18.1 Å². The minimum atomic E-state index is -3.03. The van der Waals surface area contributed by atoms with Gasteiger partial charge in [0.2, 0.25) is 5.91 Å². The first-order valence-electron chi connectivity index (χ1n) is 8.00. The number of hydrogen-bond acceptors (Lipinski definition) is 5. The lowest BCUT2D eigenvalue weighted by Gasteiger charge is -2.11. The van der Waals surface area contributed by atoms with Crippen molar-refractivity contribution in [3.8, 4) is 5.75 Å². The first-order valence-corrected chi connectivity index (χ1v) is 9.82. The van der Waals surface area contributed by atoms with Gasteiger partial charge in [-0.15, -0.1) is 0 Å². The highest BCUT2D eigenvalue weighted by atomic mass is 32.2. The molecule has 0 saturated carbocycles. The third kappa shape index (κ3) is 4.03. The van der Waals surface area contributed by atoms with Crippen LogP contribution in [0.5, 0.6) is 5.75 Å². The fourth-order valence-electron chi connectivity index (χ4n) is 2.80. The molecule has 1 atom stereocenters. The van der Waals surface area contributed by atoms with E-state index < -0.39 is 15.8 Å². The van der Waals surface area contributed by atoms with Crippen molar-refractivity contribution in [2.45, 2.75) is 12.8 Å². The summed E-state index contributed by atoms with van der Waals surface area (Å²) in [6.45, 7) is 0.923. The van der Waals surface area contributed by atoms with Gasteiger partial charge in [-0.2, -0.15) is 0 Å². The van der Waals surface area contributed by atoms with Crippen LogP contribution in [-0.4, -0.2) is 44.0 Å². The Hall–Kier alpha value is -2.15. The summed E-state index contributed by atoms with van der Waals surface area (Å²) in [4.78, 5) is 16.2. The summed E-state index contributed by atoms with van der Waals surface area (Å²) in [6, 6.07) is 9.62. The van der Waals surface area contributed by atoms with Gasteiger partial charge in [0.15, 0.2) is 9.84 Å². The van der Waals surface area contributed by atoms with Gasteiger partial charge in [-0.05, 0) is 25.0 Å². The number of rotatable bonds is 6. The van der Waals surface area contributed by atoms with E-state index in [1.54, 1.807) is 6.20 Å². The number of amides is 1. The molecule has 1 aromatic carbocycles. The zero-order chi connectivity index (χ0) is 17.0. The number of benzene rings is 1. The van der Waals surface area contributed by atoms with Gasteiger partial charge in [-0.25, -0.2) is 8.42 Å². The number of sulfone groups is 1. The molecule has 1 fully saturated rings. The molecule has 0 radical (unpaired) electrons. The monoisotopic (exact) mass is 348 g/mol. The molecule has 1 aliphatic rings. The van der Waals surface area contributed by atoms with Crippen LogP contribution in [0, 0.1) is 5.92 Å². The van der Waals surface area contributed by atoms with Gasteiger partial charge in [-0.1, -0.05) is 18.2 Å². The Morgan fingerprint density at radius 2 is 2.12 bits per heavy atom. The number of aromatic nitrogens is 1. The zero-order valence-corrected chi connectivity index (χ0v) is 14.1.